The molecule has 1 aromatic heterocycles. The van der Waals surface area contributed by atoms with Gasteiger partial charge in [-0.15, -0.1) is 11.3 Å². The maximum atomic E-state index is 13.1. The molecule has 2 fully saturated rings. The van der Waals surface area contributed by atoms with Gasteiger partial charge in [0.25, 0.3) is 0 Å². The lowest BCUT2D eigenvalue weighted by Crippen LogP contribution is -2.51. The van der Waals surface area contributed by atoms with E-state index in [4.69, 9.17) is 4.74 Å². The first kappa shape index (κ1) is 27.0. The van der Waals surface area contributed by atoms with Crippen LogP contribution in [0, 0.1) is 24.2 Å². The number of epoxide rings is 1. The first-order valence-electron chi connectivity index (χ1n) is 12.4. The van der Waals surface area contributed by atoms with Gasteiger partial charge in [0.15, 0.2) is 0 Å². The van der Waals surface area contributed by atoms with E-state index in [1.165, 1.54) is 11.3 Å². The van der Waals surface area contributed by atoms with Gasteiger partial charge >= 0.3 is 0 Å². The highest BCUT2D eigenvalue weighted by Gasteiger charge is 2.62. The fourth-order valence-electron chi connectivity index (χ4n) is 5.11. The Kier molecular flexibility index (Phi) is 8.38. The largest absolute Gasteiger partial charge is 0.385 e. The van der Waals surface area contributed by atoms with Crippen LogP contribution in [-0.4, -0.2) is 50.9 Å². The molecule has 7 nitrogen and oxygen atoms in total. The molecule has 0 aliphatic carbocycles. The van der Waals surface area contributed by atoms with Gasteiger partial charge in [0, 0.05) is 23.1 Å². The average Bonchev–Trinajstić information content (AvgIpc) is 3.25. The van der Waals surface area contributed by atoms with Crippen LogP contribution in [0.5, 0.6) is 0 Å². The molecule has 34 heavy (non-hydrogen) atoms. The summed E-state index contributed by atoms with van der Waals surface area (Å²) in [7, 11) is 0. The second kappa shape index (κ2) is 10.6. The molecule has 1 amide bonds. The summed E-state index contributed by atoms with van der Waals surface area (Å²) in [6.07, 6.45) is 3.74. The number of nitrogens with zero attached hydrogens (tertiary/aromatic N) is 1. The number of aryl methyl sites for hydroxylation is 1. The summed E-state index contributed by atoms with van der Waals surface area (Å²) < 4.78 is 5.58. The van der Waals surface area contributed by atoms with Crippen LogP contribution < -0.4 is 5.32 Å². The van der Waals surface area contributed by atoms with Crippen molar-refractivity contribution in [3.8, 4) is 0 Å². The molecule has 3 heterocycles. The normalized spacial score (nSPS) is 36.0. The van der Waals surface area contributed by atoms with Crippen LogP contribution in [0.3, 0.4) is 0 Å². The van der Waals surface area contributed by atoms with Crippen LogP contribution >= 0.6 is 11.3 Å². The van der Waals surface area contributed by atoms with E-state index >= 15 is 0 Å². The standard InChI is InChI=1S/C26H40N2O5S/c1-15-8-7-9-20-26(32,33-20)24(31)22(16(2)13-19-14-34-18(4)27-19)28-21(29)10-11-25(5,6)23(30)17(3)12-15/h13-15,17,20,22,24,31-32H,7-12H2,1-6H3,(H,28,29). The molecule has 190 valence electrons. The second-order valence-corrected chi connectivity index (χ2v) is 12.0. The monoisotopic (exact) mass is 492 g/mol. The summed E-state index contributed by atoms with van der Waals surface area (Å²) in [4.78, 5) is 30.5. The zero-order chi connectivity index (χ0) is 25.3. The predicted octanol–water partition coefficient (Wildman–Crippen LogP) is 4.01. The number of ketones is 1. The van der Waals surface area contributed by atoms with Crippen molar-refractivity contribution in [2.24, 2.45) is 17.3 Å². The number of thiazole rings is 1. The number of carbonyl (C=O) groups is 2. The Bertz CT molecular complexity index is 926. The van der Waals surface area contributed by atoms with Gasteiger partial charge in [-0.05, 0) is 50.7 Å². The first-order valence-corrected chi connectivity index (χ1v) is 13.2. The Morgan fingerprint density at radius 3 is 2.65 bits per heavy atom. The van der Waals surface area contributed by atoms with E-state index in [1.54, 1.807) is 6.92 Å². The van der Waals surface area contributed by atoms with E-state index in [0.29, 0.717) is 24.3 Å². The summed E-state index contributed by atoms with van der Waals surface area (Å²) >= 11 is 1.52. The molecular formula is C26H40N2O5S. The third-order valence-electron chi connectivity index (χ3n) is 7.30. The van der Waals surface area contributed by atoms with Crippen molar-refractivity contribution in [1.29, 1.82) is 0 Å². The number of rotatable bonds is 2. The summed E-state index contributed by atoms with van der Waals surface area (Å²) in [6.45, 7) is 11.6. The molecule has 2 aliphatic heterocycles. The summed E-state index contributed by atoms with van der Waals surface area (Å²) in [5, 5.41) is 27.9. The molecule has 2 aliphatic rings. The predicted molar refractivity (Wildman–Crippen MR) is 133 cm³/mol. The number of carbonyl (C=O) groups excluding carboxylic acids is 2. The third kappa shape index (κ3) is 6.33. The highest BCUT2D eigenvalue weighted by molar-refractivity contribution is 7.09. The minimum Gasteiger partial charge on any atom is -0.385 e. The van der Waals surface area contributed by atoms with E-state index < -0.39 is 29.5 Å². The fraction of sp³-hybridized carbons (Fsp3) is 0.731. The van der Waals surface area contributed by atoms with Crippen molar-refractivity contribution in [1.82, 2.24) is 10.3 Å². The molecule has 8 heteroatoms. The maximum absolute atomic E-state index is 13.1. The van der Waals surface area contributed by atoms with E-state index in [9.17, 15) is 19.8 Å². The number of hydrogen-bond acceptors (Lipinski definition) is 7. The molecule has 2 saturated heterocycles. The molecular weight excluding hydrogens is 452 g/mol. The number of fused-ring (bicyclic) bond motifs is 1. The lowest BCUT2D eigenvalue weighted by molar-refractivity contribution is -0.132. The number of Topliss-reactive ketones (excluding diaryl/α,β-unsaturated/α-hetero) is 1. The Hall–Kier alpha value is -1.61. The Morgan fingerprint density at radius 2 is 2.00 bits per heavy atom. The van der Waals surface area contributed by atoms with Crippen molar-refractivity contribution in [2.45, 2.75) is 104 Å². The van der Waals surface area contributed by atoms with Crippen LogP contribution in [0.1, 0.15) is 83.8 Å². The van der Waals surface area contributed by atoms with Crippen LogP contribution in [-0.2, 0) is 14.3 Å². The molecule has 6 atom stereocenters. The van der Waals surface area contributed by atoms with Gasteiger partial charge in [-0.3, -0.25) is 9.59 Å². The summed E-state index contributed by atoms with van der Waals surface area (Å²) in [6, 6.07) is -0.839. The zero-order valence-electron chi connectivity index (χ0n) is 21.3. The number of aromatic nitrogens is 1. The third-order valence-corrected chi connectivity index (χ3v) is 8.10. The quantitative estimate of drug-likeness (QED) is 0.538. The average molecular weight is 493 g/mol. The lowest BCUT2D eigenvalue weighted by Gasteiger charge is -2.30. The molecule has 3 N–H and O–H groups in total. The highest BCUT2D eigenvalue weighted by atomic mass is 32.1. The number of amides is 1. The number of aliphatic hydroxyl groups excluding tert-OH is 1. The fourth-order valence-corrected chi connectivity index (χ4v) is 5.68. The van der Waals surface area contributed by atoms with Crippen molar-refractivity contribution in [3.63, 3.8) is 0 Å². The molecule has 0 aromatic carbocycles. The molecule has 0 bridgehead atoms. The topological polar surface area (TPSA) is 112 Å². The van der Waals surface area contributed by atoms with Gasteiger partial charge in [0.2, 0.25) is 11.7 Å². The van der Waals surface area contributed by atoms with Gasteiger partial charge in [-0.1, -0.05) is 40.5 Å². The van der Waals surface area contributed by atoms with Crippen molar-refractivity contribution in [3.05, 3.63) is 21.7 Å². The number of hydrogen-bond donors (Lipinski definition) is 3. The molecule has 0 saturated carbocycles. The Balaban J connectivity index is 1.85. The molecule has 0 radical (unpaired) electrons. The van der Waals surface area contributed by atoms with E-state index in [1.807, 2.05) is 39.2 Å². The van der Waals surface area contributed by atoms with E-state index in [-0.39, 0.29) is 24.0 Å². The lowest BCUT2D eigenvalue weighted by atomic mass is 9.75. The first-order chi connectivity index (χ1) is 15.8. The van der Waals surface area contributed by atoms with E-state index in [2.05, 4.69) is 17.2 Å². The number of nitrogens with one attached hydrogen (secondary N) is 1. The van der Waals surface area contributed by atoms with Crippen LogP contribution in [0.4, 0.5) is 0 Å². The molecule has 6 unspecified atom stereocenters. The van der Waals surface area contributed by atoms with E-state index in [0.717, 1.165) is 30.0 Å². The van der Waals surface area contributed by atoms with Gasteiger partial charge in [0.1, 0.15) is 18.0 Å². The number of ether oxygens (including phenoxy) is 1. The summed E-state index contributed by atoms with van der Waals surface area (Å²) in [5.41, 5.74) is 0.796. The van der Waals surface area contributed by atoms with Crippen molar-refractivity contribution in [2.75, 3.05) is 0 Å². The SMILES string of the molecule is CC(=Cc1csc(C)n1)C1NC(=O)CCC(C)(C)C(=O)C(C)CC(C)CCCC2OC2(O)C1O. The summed E-state index contributed by atoms with van der Waals surface area (Å²) in [5.74, 6) is -1.49. The Morgan fingerprint density at radius 1 is 1.29 bits per heavy atom. The maximum Gasteiger partial charge on any atom is 0.222 e. The van der Waals surface area contributed by atoms with Gasteiger partial charge < -0.3 is 20.3 Å². The van der Waals surface area contributed by atoms with Crippen LogP contribution in [0.25, 0.3) is 6.08 Å². The Labute approximate surface area is 207 Å². The minimum atomic E-state index is -1.69. The van der Waals surface area contributed by atoms with Gasteiger partial charge in [0.05, 0.1) is 16.7 Å². The van der Waals surface area contributed by atoms with Gasteiger partial charge in [-0.2, -0.15) is 0 Å². The number of aliphatic hydroxyl groups is 2. The molecule has 3 rings (SSSR count). The smallest absolute Gasteiger partial charge is 0.222 e. The van der Waals surface area contributed by atoms with Crippen LogP contribution in [0.2, 0.25) is 0 Å². The van der Waals surface area contributed by atoms with Crippen molar-refractivity contribution >= 4 is 29.1 Å². The van der Waals surface area contributed by atoms with Gasteiger partial charge in [-0.25, -0.2) is 4.98 Å². The zero-order valence-corrected chi connectivity index (χ0v) is 22.1. The van der Waals surface area contributed by atoms with Crippen LogP contribution in [0.15, 0.2) is 11.0 Å². The minimum absolute atomic E-state index is 0.0728. The molecule has 0 spiro atoms. The molecule has 1 aromatic rings. The highest BCUT2D eigenvalue weighted by Crippen LogP contribution is 2.43. The van der Waals surface area contributed by atoms with Crippen molar-refractivity contribution < 1.29 is 24.5 Å². The second-order valence-electron chi connectivity index (χ2n) is 10.9.